The molecule has 2 aliphatic rings. The van der Waals surface area contributed by atoms with Crippen LogP contribution in [-0.4, -0.2) is 10.7 Å². The summed E-state index contributed by atoms with van der Waals surface area (Å²) in [6.45, 7) is 0. The molecule has 0 aromatic heterocycles. The van der Waals surface area contributed by atoms with Gasteiger partial charge in [0.05, 0.1) is 28.2 Å². The third-order valence-electron chi connectivity index (χ3n) is 5.42. The number of allylic oxidation sites excluding steroid dienone is 3. The molecule has 0 amide bonds. The number of anilines is 1. The molecule has 1 aliphatic heterocycles. The lowest BCUT2D eigenvalue weighted by Gasteiger charge is -2.39. The number of hydrogen-bond donors (Lipinski definition) is 1. The molecule has 30 heavy (non-hydrogen) atoms. The topological polar surface area (TPSA) is 113 Å². The molecule has 2 aromatic carbocycles. The van der Waals surface area contributed by atoms with Gasteiger partial charge in [0.15, 0.2) is 5.78 Å². The van der Waals surface area contributed by atoms with Crippen LogP contribution in [-0.2, 0) is 4.79 Å². The highest BCUT2D eigenvalue weighted by atomic mass is 19.1. The van der Waals surface area contributed by atoms with Gasteiger partial charge in [-0.3, -0.25) is 19.8 Å². The smallest absolute Gasteiger partial charge is 0.269 e. The summed E-state index contributed by atoms with van der Waals surface area (Å²) in [5.41, 5.74) is 7.72. The molecular weight excluding hydrogens is 387 g/mol. The van der Waals surface area contributed by atoms with Crippen LogP contribution in [0, 0.1) is 27.3 Å². The summed E-state index contributed by atoms with van der Waals surface area (Å²) in [4.78, 5) is 25.1. The first kappa shape index (κ1) is 19.3. The van der Waals surface area contributed by atoms with Gasteiger partial charge in [0.2, 0.25) is 0 Å². The lowest BCUT2D eigenvalue weighted by Crippen LogP contribution is -2.39. The number of hydrogen-bond acceptors (Lipinski definition) is 6. The van der Waals surface area contributed by atoms with Crippen LogP contribution in [0.5, 0.6) is 0 Å². The molecular formula is C22H17FN4O3. The highest BCUT2D eigenvalue weighted by Gasteiger charge is 2.41. The van der Waals surface area contributed by atoms with Crippen LogP contribution in [0.3, 0.4) is 0 Å². The van der Waals surface area contributed by atoms with Crippen LogP contribution >= 0.6 is 0 Å². The van der Waals surface area contributed by atoms with Gasteiger partial charge in [-0.2, -0.15) is 5.26 Å². The highest BCUT2D eigenvalue weighted by molar-refractivity contribution is 6.01. The van der Waals surface area contributed by atoms with Crippen molar-refractivity contribution >= 4 is 17.2 Å². The molecule has 2 N–H and O–H groups in total. The lowest BCUT2D eigenvalue weighted by atomic mass is 9.75. The van der Waals surface area contributed by atoms with Crippen molar-refractivity contribution in [1.82, 2.24) is 0 Å². The maximum absolute atomic E-state index is 14.6. The minimum Gasteiger partial charge on any atom is -0.384 e. The van der Waals surface area contributed by atoms with E-state index in [0.717, 1.165) is 0 Å². The van der Waals surface area contributed by atoms with E-state index in [4.69, 9.17) is 5.73 Å². The van der Waals surface area contributed by atoms with Gasteiger partial charge in [-0.1, -0.05) is 24.3 Å². The van der Waals surface area contributed by atoms with Crippen LogP contribution < -0.4 is 10.6 Å². The Bertz CT molecular complexity index is 1180. The van der Waals surface area contributed by atoms with E-state index in [1.807, 2.05) is 0 Å². The minimum atomic E-state index is -0.833. The number of carbonyl (C=O) groups excluding carboxylic acids is 1. The molecule has 1 unspecified atom stereocenters. The Morgan fingerprint density at radius 3 is 2.67 bits per heavy atom. The Hall–Kier alpha value is -3.99. The molecule has 150 valence electrons. The standard InChI is InChI=1S/C22H17FN4O3/c23-16-7-1-2-8-17(16)26-18-9-4-10-19(28)21(18)20(15(12-24)22(26)25)13-5-3-6-14(11-13)27(29)30/h1-3,5-8,11,20H,4,9-10,25H2. The van der Waals surface area contributed by atoms with Gasteiger partial charge in [0.1, 0.15) is 11.6 Å². The minimum absolute atomic E-state index is 0.0209. The fraction of sp³-hybridized carbons (Fsp3) is 0.182. The monoisotopic (exact) mass is 404 g/mol. The largest absolute Gasteiger partial charge is 0.384 e. The number of nitro groups is 1. The van der Waals surface area contributed by atoms with Crippen molar-refractivity contribution in [2.75, 3.05) is 4.90 Å². The van der Waals surface area contributed by atoms with Crippen molar-refractivity contribution in [2.24, 2.45) is 5.73 Å². The van der Waals surface area contributed by atoms with Gasteiger partial charge in [-0.25, -0.2) is 4.39 Å². The molecule has 7 nitrogen and oxygen atoms in total. The average molecular weight is 404 g/mol. The van der Waals surface area contributed by atoms with Crippen molar-refractivity contribution in [3.63, 3.8) is 0 Å². The first-order chi connectivity index (χ1) is 14.4. The number of nitriles is 1. The predicted molar refractivity (Wildman–Crippen MR) is 107 cm³/mol. The molecule has 0 radical (unpaired) electrons. The van der Waals surface area contributed by atoms with Crippen LogP contribution in [0.4, 0.5) is 15.8 Å². The summed E-state index contributed by atoms with van der Waals surface area (Å²) in [6.07, 6.45) is 1.33. The number of nitrogens with zero attached hydrogens (tertiary/aromatic N) is 3. The fourth-order valence-electron chi connectivity index (χ4n) is 4.15. The summed E-state index contributed by atoms with van der Waals surface area (Å²) in [5, 5.41) is 21.2. The van der Waals surface area contributed by atoms with Gasteiger partial charge in [-0.15, -0.1) is 0 Å². The number of non-ortho nitro benzene ring substituents is 1. The number of halogens is 1. The van der Waals surface area contributed by atoms with E-state index in [0.29, 0.717) is 29.7 Å². The number of benzene rings is 2. The average Bonchev–Trinajstić information content (AvgIpc) is 2.74. The Balaban J connectivity index is 1.99. The van der Waals surface area contributed by atoms with Crippen molar-refractivity contribution in [2.45, 2.75) is 25.2 Å². The predicted octanol–water partition coefficient (Wildman–Crippen LogP) is 4.04. The Labute approximate surface area is 171 Å². The van der Waals surface area contributed by atoms with Crippen LogP contribution in [0.25, 0.3) is 0 Å². The Kier molecular flexibility index (Phi) is 4.80. The maximum atomic E-state index is 14.6. The Morgan fingerprint density at radius 1 is 1.20 bits per heavy atom. The summed E-state index contributed by atoms with van der Waals surface area (Å²) in [6, 6.07) is 13.9. The highest BCUT2D eigenvalue weighted by Crippen LogP contribution is 2.46. The van der Waals surface area contributed by atoms with Crippen LogP contribution in [0.1, 0.15) is 30.7 Å². The Morgan fingerprint density at radius 2 is 1.97 bits per heavy atom. The molecule has 0 spiro atoms. The maximum Gasteiger partial charge on any atom is 0.269 e. The first-order valence-electron chi connectivity index (χ1n) is 9.39. The molecule has 0 fully saturated rings. The molecule has 2 aromatic rings. The zero-order valence-corrected chi connectivity index (χ0v) is 15.8. The zero-order valence-electron chi connectivity index (χ0n) is 15.8. The SMILES string of the molecule is N#CC1=C(N)N(c2ccccc2F)C2=C(C(=O)CCC2)C1c1cccc([N+](=O)[O-])c1. The van der Waals surface area contributed by atoms with E-state index in [1.54, 1.807) is 18.2 Å². The summed E-state index contributed by atoms with van der Waals surface area (Å²) < 4.78 is 14.6. The third-order valence-corrected chi connectivity index (χ3v) is 5.42. The number of rotatable bonds is 3. The van der Waals surface area contributed by atoms with Crippen molar-refractivity contribution in [1.29, 1.82) is 5.26 Å². The molecule has 0 saturated heterocycles. The second-order valence-electron chi connectivity index (χ2n) is 7.12. The number of nitro benzene ring substituents is 1. The molecule has 0 bridgehead atoms. The quantitative estimate of drug-likeness (QED) is 0.610. The van der Waals surface area contributed by atoms with Gasteiger partial charge < -0.3 is 5.73 Å². The molecule has 1 aliphatic carbocycles. The first-order valence-corrected chi connectivity index (χ1v) is 9.39. The number of para-hydroxylation sites is 1. The van der Waals surface area contributed by atoms with E-state index in [2.05, 4.69) is 6.07 Å². The fourth-order valence-corrected chi connectivity index (χ4v) is 4.15. The van der Waals surface area contributed by atoms with E-state index in [-0.39, 0.29) is 35.0 Å². The summed E-state index contributed by atoms with van der Waals surface area (Å²) >= 11 is 0. The van der Waals surface area contributed by atoms with E-state index in [1.165, 1.54) is 35.2 Å². The molecule has 8 heteroatoms. The van der Waals surface area contributed by atoms with Gasteiger partial charge in [-0.05, 0) is 30.5 Å². The van der Waals surface area contributed by atoms with Crippen LogP contribution in [0.2, 0.25) is 0 Å². The second-order valence-corrected chi connectivity index (χ2v) is 7.12. The van der Waals surface area contributed by atoms with E-state index in [9.17, 15) is 24.6 Å². The zero-order chi connectivity index (χ0) is 21.4. The van der Waals surface area contributed by atoms with Crippen molar-refractivity contribution in [3.05, 3.63) is 92.7 Å². The number of carbonyl (C=O) groups is 1. The molecule has 4 rings (SSSR count). The summed E-state index contributed by atoms with van der Waals surface area (Å²) in [7, 11) is 0. The normalized spacial score (nSPS) is 18.9. The lowest BCUT2D eigenvalue weighted by molar-refractivity contribution is -0.384. The number of Topliss-reactive ketones (excluding diaryl/α,β-unsaturated/α-hetero) is 1. The van der Waals surface area contributed by atoms with Crippen LogP contribution in [0.15, 0.2) is 71.2 Å². The van der Waals surface area contributed by atoms with Gasteiger partial charge >= 0.3 is 0 Å². The molecule has 0 saturated carbocycles. The van der Waals surface area contributed by atoms with Crippen molar-refractivity contribution in [3.8, 4) is 6.07 Å². The van der Waals surface area contributed by atoms with Gasteiger partial charge in [0, 0.05) is 29.8 Å². The van der Waals surface area contributed by atoms with Crippen molar-refractivity contribution < 1.29 is 14.1 Å². The molecule has 1 atom stereocenters. The third kappa shape index (κ3) is 3.01. The second kappa shape index (κ2) is 7.44. The summed E-state index contributed by atoms with van der Waals surface area (Å²) in [5.74, 6) is -1.51. The number of nitrogens with two attached hydrogens (primary N) is 1. The number of ketones is 1. The van der Waals surface area contributed by atoms with Gasteiger partial charge in [0.25, 0.3) is 5.69 Å². The van der Waals surface area contributed by atoms with E-state index < -0.39 is 16.7 Å². The van der Waals surface area contributed by atoms with E-state index >= 15 is 0 Å². The molecule has 1 heterocycles.